The summed E-state index contributed by atoms with van der Waals surface area (Å²) in [6.07, 6.45) is 2.92. The van der Waals surface area contributed by atoms with Gasteiger partial charge in [-0.25, -0.2) is 0 Å². The highest BCUT2D eigenvalue weighted by Gasteiger charge is 2.14. The van der Waals surface area contributed by atoms with E-state index < -0.39 is 10.8 Å². The first kappa shape index (κ1) is 19.0. The standard InChI is InChI=1S/C19H12BrN5O3/c20-15-6-4-12(5-7-15)18-14(11-22-24-18)8-13(10-21)19(26)23-16-2-1-3-17(9-16)25(27)28/h1-9,11H,(H,22,24)(H,23,26). The van der Waals surface area contributed by atoms with Crippen LogP contribution in [0, 0.1) is 21.4 Å². The van der Waals surface area contributed by atoms with Gasteiger partial charge in [0.2, 0.25) is 0 Å². The number of carbonyl (C=O) groups is 1. The number of nitriles is 1. The molecule has 1 heterocycles. The van der Waals surface area contributed by atoms with E-state index in [9.17, 15) is 20.2 Å². The van der Waals surface area contributed by atoms with Gasteiger partial charge in [-0.05, 0) is 24.3 Å². The van der Waals surface area contributed by atoms with E-state index in [1.54, 1.807) is 0 Å². The van der Waals surface area contributed by atoms with Crippen molar-refractivity contribution in [3.05, 3.63) is 80.5 Å². The van der Waals surface area contributed by atoms with E-state index in [1.165, 1.54) is 36.5 Å². The van der Waals surface area contributed by atoms with Crippen LogP contribution in [-0.2, 0) is 4.79 Å². The summed E-state index contributed by atoms with van der Waals surface area (Å²) in [6, 6.07) is 14.8. The van der Waals surface area contributed by atoms with Crippen molar-refractivity contribution in [1.29, 1.82) is 5.26 Å². The fourth-order valence-corrected chi connectivity index (χ4v) is 2.72. The second-order valence-electron chi connectivity index (χ2n) is 5.64. The maximum Gasteiger partial charge on any atom is 0.271 e. The number of nitro groups is 1. The minimum atomic E-state index is -0.675. The van der Waals surface area contributed by atoms with Crippen molar-refractivity contribution in [2.45, 2.75) is 0 Å². The number of nitrogens with zero attached hydrogens (tertiary/aromatic N) is 3. The first-order chi connectivity index (χ1) is 13.5. The Balaban J connectivity index is 1.87. The maximum atomic E-state index is 12.4. The second-order valence-corrected chi connectivity index (χ2v) is 6.55. The molecule has 1 aromatic heterocycles. The van der Waals surface area contributed by atoms with Crippen molar-refractivity contribution in [3.63, 3.8) is 0 Å². The summed E-state index contributed by atoms with van der Waals surface area (Å²) < 4.78 is 0.918. The van der Waals surface area contributed by atoms with Gasteiger partial charge in [-0.2, -0.15) is 10.4 Å². The minimum absolute atomic E-state index is 0.160. The lowest BCUT2D eigenvalue weighted by Gasteiger charge is -2.05. The molecule has 9 heteroatoms. The Bertz CT molecular complexity index is 1110. The summed E-state index contributed by atoms with van der Waals surface area (Å²) in [7, 11) is 0. The topological polar surface area (TPSA) is 125 Å². The van der Waals surface area contributed by atoms with Crippen LogP contribution < -0.4 is 5.32 Å². The van der Waals surface area contributed by atoms with Gasteiger partial charge in [0.1, 0.15) is 11.6 Å². The molecule has 2 N–H and O–H groups in total. The van der Waals surface area contributed by atoms with E-state index >= 15 is 0 Å². The summed E-state index contributed by atoms with van der Waals surface area (Å²) in [5, 5.41) is 29.6. The summed E-state index contributed by atoms with van der Waals surface area (Å²) in [4.78, 5) is 22.7. The van der Waals surface area contributed by atoms with Crippen LogP contribution in [0.15, 0.2) is 64.8 Å². The lowest BCUT2D eigenvalue weighted by Crippen LogP contribution is -2.13. The number of hydrogen-bond acceptors (Lipinski definition) is 5. The van der Waals surface area contributed by atoms with Crippen LogP contribution in [-0.4, -0.2) is 21.0 Å². The lowest BCUT2D eigenvalue weighted by atomic mass is 10.1. The number of H-pyrrole nitrogens is 1. The van der Waals surface area contributed by atoms with Crippen LogP contribution in [0.5, 0.6) is 0 Å². The lowest BCUT2D eigenvalue weighted by molar-refractivity contribution is -0.384. The fraction of sp³-hybridized carbons (Fsp3) is 0. The van der Waals surface area contributed by atoms with Gasteiger partial charge in [-0.1, -0.05) is 34.1 Å². The number of aromatic amines is 1. The Morgan fingerprint density at radius 2 is 2.04 bits per heavy atom. The van der Waals surface area contributed by atoms with Gasteiger partial charge >= 0.3 is 0 Å². The number of anilines is 1. The van der Waals surface area contributed by atoms with Gasteiger partial charge < -0.3 is 5.32 Å². The highest BCUT2D eigenvalue weighted by Crippen LogP contribution is 2.25. The predicted molar refractivity (Wildman–Crippen MR) is 107 cm³/mol. The first-order valence-electron chi connectivity index (χ1n) is 7.95. The fourth-order valence-electron chi connectivity index (χ4n) is 2.45. The molecule has 0 atom stereocenters. The van der Waals surface area contributed by atoms with E-state index in [-0.39, 0.29) is 16.9 Å². The molecule has 0 bridgehead atoms. The molecule has 0 aliphatic rings. The number of carbonyl (C=O) groups excluding carboxylic acids is 1. The number of rotatable bonds is 5. The number of aromatic nitrogens is 2. The molecule has 0 aliphatic heterocycles. The number of halogens is 1. The van der Waals surface area contributed by atoms with Crippen LogP contribution in [0.3, 0.4) is 0 Å². The van der Waals surface area contributed by atoms with Gasteiger partial charge in [0.05, 0.1) is 16.8 Å². The van der Waals surface area contributed by atoms with Crippen molar-refractivity contribution in [2.24, 2.45) is 0 Å². The van der Waals surface area contributed by atoms with Crippen molar-refractivity contribution >= 4 is 39.3 Å². The molecular weight excluding hydrogens is 426 g/mol. The van der Waals surface area contributed by atoms with Crippen LogP contribution in [0.1, 0.15) is 5.56 Å². The summed E-state index contributed by atoms with van der Waals surface area (Å²) >= 11 is 3.37. The number of hydrogen-bond donors (Lipinski definition) is 2. The second kappa shape index (κ2) is 8.28. The van der Waals surface area contributed by atoms with Crippen molar-refractivity contribution in [3.8, 4) is 17.3 Å². The van der Waals surface area contributed by atoms with E-state index in [1.807, 2.05) is 30.3 Å². The van der Waals surface area contributed by atoms with Crippen LogP contribution in [0.4, 0.5) is 11.4 Å². The zero-order valence-electron chi connectivity index (χ0n) is 14.2. The summed E-state index contributed by atoms with van der Waals surface area (Å²) in [5.41, 5.74) is 1.96. The zero-order chi connectivity index (χ0) is 20.1. The van der Waals surface area contributed by atoms with Crippen LogP contribution in [0.25, 0.3) is 17.3 Å². The van der Waals surface area contributed by atoms with Gasteiger partial charge in [-0.3, -0.25) is 20.0 Å². The number of amides is 1. The molecule has 0 aliphatic carbocycles. The van der Waals surface area contributed by atoms with Crippen molar-refractivity contribution in [1.82, 2.24) is 10.2 Å². The number of non-ortho nitro benzene ring substituents is 1. The maximum absolute atomic E-state index is 12.4. The van der Waals surface area contributed by atoms with Crippen LogP contribution in [0.2, 0.25) is 0 Å². The largest absolute Gasteiger partial charge is 0.321 e. The third-order valence-electron chi connectivity index (χ3n) is 3.78. The molecule has 8 nitrogen and oxygen atoms in total. The highest BCUT2D eigenvalue weighted by atomic mass is 79.9. The number of nitro benzene ring substituents is 1. The average Bonchev–Trinajstić information content (AvgIpc) is 3.15. The quantitative estimate of drug-likeness (QED) is 0.266. The Morgan fingerprint density at radius 3 is 2.71 bits per heavy atom. The van der Waals surface area contributed by atoms with E-state index in [4.69, 9.17) is 0 Å². The van der Waals surface area contributed by atoms with Crippen molar-refractivity contribution in [2.75, 3.05) is 5.32 Å². The molecule has 3 rings (SSSR count). The molecule has 3 aromatic rings. The smallest absolute Gasteiger partial charge is 0.271 e. The third kappa shape index (κ3) is 4.31. The molecule has 0 fully saturated rings. The van der Waals surface area contributed by atoms with Gasteiger partial charge in [-0.15, -0.1) is 0 Å². The first-order valence-corrected chi connectivity index (χ1v) is 8.74. The molecule has 138 valence electrons. The monoisotopic (exact) mass is 437 g/mol. The summed E-state index contributed by atoms with van der Waals surface area (Å²) in [6.45, 7) is 0. The molecule has 1 amide bonds. The molecule has 0 radical (unpaired) electrons. The van der Waals surface area contributed by atoms with E-state index in [2.05, 4.69) is 31.4 Å². The Kier molecular flexibility index (Phi) is 5.62. The van der Waals surface area contributed by atoms with Gasteiger partial charge in [0, 0.05) is 33.4 Å². The Morgan fingerprint density at radius 1 is 1.29 bits per heavy atom. The minimum Gasteiger partial charge on any atom is -0.321 e. The average molecular weight is 438 g/mol. The number of benzene rings is 2. The highest BCUT2D eigenvalue weighted by molar-refractivity contribution is 9.10. The van der Waals surface area contributed by atoms with Gasteiger partial charge in [0.25, 0.3) is 11.6 Å². The van der Waals surface area contributed by atoms with Gasteiger partial charge in [0.15, 0.2) is 0 Å². The Hall–Kier alpha value is -3.77. The SMILES string of the molecule is N#CC(=Cc1cn[nH]c1-c1ccc(Br)cc1)C(=O)Nc1cccc([N+](=O)[O-])c1. The zero-order valence-corrected chi connectivity index (χ0v) is 15.8. The molecule has 2 aromatic carbocycles. The Labute approximate surface area is 167 Å². The molecule has 0 unspecified atom stereocenters. The van der Waals surface area contributed by atoms with E-state index in [0.29, 0.717) is 11.3 Å². The molecule has 0 spiro atoms. The molecule has 28 heavy (non-hydrogen) atoms. The van der Waals surface area contributed by atoms with Crippen LogP contribution >= 0.6 is 15.9 Å². The van der Waals surface area contributed by atoms with Crippen molar-refractivity contribution < 1.29 is 9.72 Å². The summed E-state index contributed by atoms with van der Waals surface area (Å²) in [5.74, 6) is -0.675. The predicted octanol–water partition coefficient (Wildman–Crippen LogP) is 4.29. The number of nitrogens with one attached hydrogen (secondary N) is 2. The molecule has 0 saturated heterocycles. The molecule has 0 saturated carbocycles. The molecular formula is C19H12BrN5O3. The normalized spacial score (nSPS) is 10.9. The third-order valence-corrected chi connectivity index (χ3v) is 4.31. The van der Waals surface area contributed by atoms with E-state index in [0.717, 1.165) is 10.0 Å².